The molecule has 2 aromatic carbocycles. The van der Waals surface area contributed by atoms with Crippen LogP contribution in [0.5, 0.6) is 0 Å². The van der Waals surface area contributed by atoms with Crippen LogP contribution in [0.4, 0.5) is 0 Å². The van der Waals surface area contributed by atoms with Crippen molar-refractivity contribution < 1.29 is 0 Å². The van der Waals surface area contributed by atoms with Crippen molar-refractivity contribution in [1.82, 2.24) is 4.98 Å². The zero-order valence-electron chi connectivity index (χ0n) is 8.76. The molecule has 0 unspecified atom stereocenters. The molecule has 0 amide bonds. The average molecular weight is 322 g/mol. The highest BCUT2D eigenvalue weighted by atomic mass is 79.9. The molecule has 0 spiro atoms. The van der Waals surface area contributed by atoms with Crippen LogP contribution in [0.1, 0.15) is 0 Å². The van der Waals surface area contributed by atoms with Crippen LogP contribution in [0.15, 0.2) is 62.2 Å². The molecule has 3 rings (SSSR count). The summed E-state index contributed by atoms with van der Waals surface area (Å²) in [6.45, 7) is 0. The first-order valence-corrected chi connectivity index (χ1v) is 7.53. The Kier molecular flexibility index (Phi) is 3.18. The van der Waals surface area contributed by atoms with Gasteiger partial charge in [-0.25, -0.2) is 4.98 Å². The van der Waals surface area contributed by atoms with Gasteiger partial charge in [0.1, 0.15) is 0 Å². The molecule has 1 heterocycles. The van der Waals surface area contributed by atoms with Gasteiger partial charge >= 0.3 is 0 Å². The Morgan fingerprint density at radius 2 is 1.88 bits per heavy atom. The van der Waals surface area contributed by atoms with Gasteiger partial charge in [0.15, 0.2) is 4.34 Å². The molecule has 3 aromatic rings. The number of aromatic nitrogens is 1. The monoisotopic (exact) mass is 321 g/mol. The second kappa shape index (κ2) is 4.80. The number of hydrogen-bond donors (Lipinski definition) is 0. The molecule has 84 valence electrons. The zero-order chi connectivity index (χ0) is 11.7. The van der Waals surface area contributed by atoms with Gasteiger partial charge in [0.2, 0.25) is 0 Å². The molecule has 0 aliphatic rings. The van der Waals surface area contributed by atoms with Crippen molar-refractivity contribution in [1.29, 1.82) is 0 Å². The largest absolute Gasteiger partial charge is 0.229 e. The van der Waals surface area contributed by atoms with Crippen molar-refractivity contribution in [2.24, 2.45) is 0 Å². The van der Waals surface area contributed by atoms with E-state index in [1.165, 1.54) is 9.60 Å². The number of thiazole rings is 1. The van der Waals surface area contributed by atoms with Crippen LogP contribution in [0, 0.1) is 0 Å². The molecule has 4 heteroatoms. The number of hydrogen-bond acceptors (Lipinski definition) is 3. The summed E-state index contributed by atoms with van der Waals surface area (Å²) in [7, 11) is 0. The molecule has 0 bridgehead atoms. The van der Waals surface area contributed by atoms with E-state index in [0.29, 0.717) is 0 Å². The first-order chi connectivity index (χ1) is 8.31. The summed E-state index contributed by atoms with van der Waals surface area (Å²) in [6.07, 6.45) is 0. The summed E-state index contributed by atoms with van der Waals surface area (Å²) in [5, 5.41) is 0. The Bertz CT molecular complexity index is 649. The third kappa shape index (κ3) is 2.54. The minimum absolute atomic E-state index is 1.06. The normalized spacial score (nSPS) is 10.9. The molecule has 0 fully saturated rings. The van der Waals surface area contributed by atoms with Gasteiger partial charge in [-0.15, -0.1) is 11.3 Å². The van der Waals surface area contributed by atoms with E-state index >= 15 is 0 Å². The van der Waals surface area contributed by atoms with Crippen LogP contribution in [-0.2, 0) is 0 Å². The molecule has 17 heavy (non-hydrogen) atoms. The van der Waals surface area contributed by atoms with Crippen molar-refractivity contribution in [3.63, 3.8) is 0 Å². The van der Waals surface area contributed by atoms with E-state index in [2.05, 4.69) is 51.2 Å². The van der Waals surface area contributed by atoms with E-state index in [9.17, 15) is 0 Å². The van der Waals surface area contributed by atoms with Crippen LogP contribution < -0.4 is 0 Å². The van der Waals surface area contributed by atoms with Gasteiger partial charge < -0.3 is 0 Å². The van der Waals surface area contributed by atoms with Crippen molar-refractivity contribution in [3.05, 3.63) is 53.0 Å². The fourth-order valence-electron chi connectivity index (χ4n) is 1.51. The summed E-state index contributed by atoms with van der Waals surface area (Å²) in [5.41, 5.74) is 1.06. The predicted octanol–water partition coefficient (Wildman–Crippen LogP) is 5.21. The standard InChI is InChI=1S/C13H8BrNS2/c14-9-6-7-12-11(8-9)15-13(17-12)16-10-4-2-1-3-5-10/h1-8H. The predicted molar refractivity (Wildman–Crippen MR) is 77.9 cm³/mol. The molecule has 0 N–H and O–H groups in total. The molecule has 0 atom stereocenters. The molecule has 1 aromatic heterocycles. The summed E-state index contributed by atoms with van der Waals surface area (Å²) < 4.78 is 3.39. The lowest BCUT2D eigenvalue weighted by atomic mass is 10.3. The first kappa shape index (κ1) is 11.3. The van der Waals surface area contributed by atoms with Gasteiger partial charge in [-0.3, -0.25) is 0 Å². The Hall–Kier alpha value is -0.840. The van der Waals surface area contributed by atoms with Crippen molar-refractivity contribution in [2.75, 3.05) is 0 Å². The van der Waals surface area contributed by atoms with Gasteiger partial charge in [-0.2, -0.15) is 0 Å². The van der Waals surface area contributed by atoms with Crippen LogP contribution in [0.3, 0.4) is 0 Å². The van der Waals surface area contributed by atoms with E-state index in [-0.39, 0.29) is 0 Å². The van der Waals surface area contributed by atoms with Crippen LogP contribution in [0.25, 0.3) is 10.2 Å². The maximum atomic E-state index is 4.62. The highest BCUT2D eigenvalue weighted by Gasteiger charge is 2.05. The van der Waals surface area contributed by atoms with E-state index in [0.717, 1.165) is 14.3 Å². The van der Waals surface area contributed by atoms with E-state index in [4.69, 9.17) is 0 Å². The second-order valence-corrected chi connectivity index (χ2v) is 6.77. The lowest BCUT2D eigenvalue weighted by molar-refractivity contribution is 1.29. The quantitative estimate of drug-likeness (QED) is 0.642. The van der Waals surface area contributed by atoms with Crippen LogP contribution >= 0.6 is 39.0 Å². The van der Waals surface area contributed by atoms with Crippen molar-refractivity contribution in [3.8, 4) is 0 Å². The van der Waals surface area contributed by atoms with E-state index < -0.39 is 0 Å². The third-order valence-electron chi connectivity index (χ3n) is 2.28. The zero-order valence-corrected chi connectivity index (χ0v) is 12.0. The topological polar surface area (TPSA) is 12.9 Å². The van der Waals surface area contributed by atoms with Gasteiger partial charge in [-0.1, -0.05) is 45.9 Å². The Morgan fingerprint density at radius 3 is 2.71 bits per heavy atom. The van der Waals surface area contributed by atoms with Crippen LogP contribution in [-0.4, -0.2) is 4.98 Å². The highest BCUT2D eigenvalue weighted by Crippen LogP contribution is 2.34. The molecular weight excluding hydrogens is 314 g/mol. The average Bonchev–Trinajstić information content (AvgIpc) is 2.71. The van der Waals surface area contributed by atoms with Gasteiger partial charge in [0.05, 0.1) is 10.2 Å². The number of rotatable bonds is 2. The van der Waals surface area contributed by atoms with E-state index in [1.54, 1.807) is 23.1 Å². The highest BCUT2D eigenvalue weighted by molar-refractivity contribution is 9.10. The molecular formula is C13H8BrNS2. The number of nitrogens with zero attached hydrogens (tertiary/aromatic N) is 1. The second-order valence-electron chi connectivity index (χ2n) is 3.51. The maximum Gasteiger partial charge on any atom is 0.155 e. The number of benzene rings is 2. The molecule has 0 saturated carbocycles. The summed E-state index contributed by atoms with van der Waals surface area (Å²) in [5.74, 6) is 0. The molecule has 0 radical (unpaired) electrons. The van der Waals surface area contributed by atoms with Gasteiger partial charge in [-0.05, 0) is 30.3 Å². The van der Waals surface area contributed by atoms with Gasteiger partial charge in [0, 0.05) is 9.37 Å². The fourth-order valence-corrected chi connectivity index (χ4v) is 3.90. The van der Waals surface area contributed by atoms with Crippen molar-refractivity contribution in [2.45, 2.75) is 9.24 Å². The number of fused-ring (bicyclic) bond motifs is 1. The Labute approximate surface area is 116 Å². The van der Waals surface area contributed by atoms with Gasteiger partial charge in [0.25, 0.3) is 0 Å². The summed E-state index contributed by atoms with van der Waals surface area (Å²) in [4.78, 5) is 5.85. The first-order valence-electron chi connectivity index (χ1n) is 5.10. The lowest BCUT2D eigenvalue weighted by Gasteiger charge is -1.94. The molecule has 0 aliphatic heterocycles. The lowest BCUT2D eigenvalue weighted by Crippen LogP contribution is -1.71. The molecule has 0 saturated heterocycles. The SMILES string of the molecule is Brc1ccc2sc(Sc3ccccc3)nc2c1. The minimum Gasteiger partial charge on any atom is -0.229 e. The van der Waals surface area contributed by atoms with Crippen molar-refractivity contribution >= 4 is 49.2 Å². The van der Waals surface area contributed by atoms with E-state index in [1.807, 2.05) is 18.2 Å². The molecule has 0 aliphatic carbocycles. The summed E-state index contributed by atoms with van der Waals surface area (Å²) in [6, 6.07) is 16.5. The maximum absolute atomic E-state index is 4.62. The summed E-state index contributed by atoms with van der Waals surface area (Å²) >= 11 is 6.91. The Balaban J connectivity index is 1.96. The number of halogens is 1. The Morgan fingerprint density at radius 1 is 1.06 bits per heavy atom. The van der Waals surface area contributed by atoms with Crippen LogP contribution in [0.2, 0.25) is 0 Å². The minimum atomic E-state index is 1.06. The fraction of sp³-hybridized carbons (Fsp3) is 0. The molecule has 1 nitrogen and oxygen atoms in total. The third-order valence-corrected chi connectivity index (χ3v) is 4.88. The smallest absolute Gasteiger partial charge is 0.155 e.